The topological polar surface area (TPSA) is 145 Å². The molecule has 0 bridgehead atoms. The van der Waals surface area contributed by atoms with E-state index in [1.54, 1.807) is 45.7 Å². The van der Waals surface area contributed by atoms with E-state index in [2.05, 4.69) is 64.6 Å². The van der Waals surface area contributed by atoms with Gasteiger partial charge >= 0.3 is 0 Å². The average Bonchev–Trinajstić information content (AvgIpc) is 3.23. The lowest BCUT2D eigenvalue weighted by molar-refractivity contribution is -0.134. The number of methoxy groups -OCH3 is 1. The van der Waals surface area contributed by atoms with Crippen LogP contribution >= 0.6 is 23.1 Å². The van der Waals surface area contributed by atoms with Crippen molar-refractivity contribution in [3.8, 4) is 5.75 Å². The number of hydrogen-bond acceptors (Lipinski definition) is 12. The van der Waals surface area contributed by atoms with Crippen LogP contribution in [0.1, 0.15) is 61.3 Å². The third kappa shape index (κ3) is 8.91. The highest BCUT2D eigenvalue weighted by atomic mass is 79.9. The van der Waals surface area contributed by atoms with E-state index in [1.807, 2.05) is 11.0 Å². The van der Waals surface area contributed by atoms with E-state index >= 15 is 8.78 Å². The number of nitrogens with one attached hydrogen (secondary N) is 3. The van der Waals surface area contributed by atoms with Crippen molar-refractivity contribution < 1.29 is 32.1 Å². The second kappa shape index (κ2) is 17.5. The predicted octanol–water partition coefficient (Wildman–Crippen LogP) is 8.66. The summed E-state index contributed by atoms with van der Waals surface area (Å²) in [5.74, 6) is -2.67. The quantitative estimate of drug-likeness (QED) is 0.0910. The second-order valence-corrected chi connectivity index (χ2v) is 22.3. The molecule has 2 aromatic heterocycles. The van der Waals surface area contributed by atoms with Crippen LogP contribution in [0.25, 0.3) is 10.9 Å². The third-order valence-corrected chi connectivity index (χ3v) is 16.0. The van der Waals surface area contributed by atoms with Crippen LogP contribution in [0.2, 0.25) is 0 Å². The first kappa shape index (κ1) is 44.9. The molecule has 1 atom stereocenters. The van der Waals surface area contributed by atoms with Gasteiger partial charge in [-0.3, -0.25) is 24.8 Å². The molecule has 65 heavy (non-hydrogen) atoms. The molecule has 4 aliphatic rings. The SMILES string of the molecule is COc1cc(N2CCC3(CC2)CCN(C2CN(c4cc(F)c([C@H]5CCC(=O)NC5=O)c(F)c4)C2)CC3)c(C)cc1Nc1ncc(Br)c(Nc2ccc3nc(C)c(F)cc3c2P(C)(C)=O)n1. The number of nitrogens with zero attached hydrogens (tertiary/aromatic N) is 6. The number of hydrogen-bond donors (Lipinski definition) is 3. The van der Waals surface area contributed by atoms with Gasteiger partial charge in [-0.05, 0) is 136 Å². The lowest BCUT2D eigenvalue weighted by Gasteiger charge is -2.52. The molecule has 9 rings (SSSR count). The highest BCUT2D eigenvalue weighted by molar-refractivity contribution is 9.10. The summed E-state index contributed by atoms with van der Waals surface area (Å²) in [5.41, 5.74) is 4.73. The first-order chi connectivity index (χ1) is 31.0. The van der Waals surface area contributed by atoms with Crippen molar-refractivity contribution in [2.45, 2.75) is 64.3 Å². The van der Waals surface area contributed by atoms with E-state index in [-0.39, 0.29) is 29.5 Å². The summed E-state index contributed by atoms with van der Waals surface area (Å²) in [6.45, 7) is 12.2. The van der Waals surface area contributed by atoms with E-state index < -0.39 is 42.3 Å². The summed E-state index contributed by atoms with van der Waals surface area (Å²) < 4.78 is 65.2. The lowest BCUT2D eigenvalue weighted by Crippen LogP contribution is -2.62. The van der Waals surface area contributed by atoms with Crippen molar-refractivity contribution in [1.29, 1.82) is 0 Å². The van der Waals surface area contributed by atoms with E-state index in [0.717, 1.165) is 63.1 Å². The number of pyridine rings is 1. The van der Waals surface area contributed by atoms with Crippen LogP contribution in [0, 0.1) is 36.7 Å². The molecular weight excluding hydrogens is 922 g/mol. The van der Waals surface area contributed by atoms with Crippen LogP contribution in [0.5, 0.6) is 5.75 Å². The molecule has 3 aromatic carbocycles. The number of amides is 2. The van der Waals surface area contributed by atoms with E-state index in [9.17, 15) is 18.5 Å². The zero-order chi connectivity index (χ0) is 45.9. The number of benzene rings is 3. The maximum atomic E-state index is 15.2. The summed E-state index contributed by atoms with van der Waals surface area (Å²) in [6.07, 6.45) is 6.14. The van der Waals surface area contributed by atoms with Crippen LogP contribution in [0.15, 0.2) is 53.1 Å². The smallest absolute Gasteiger partial charge is 0.234 e. The molecule has 13 nitrogen and oxygen atoms in total. The molecule has 6 heterocycles. The van der Waals surface area contributed by atoms with Crippen molar-refractivity contribution >= 4 is 85.6 Å². The summed E-state index contributed by atoms with van der Waals surface area (Å²) in [6, 6.07) is 12.0. The Balaban J connectivity index is 0.811. The summed E-state index contributed by atoms with van der Waals surface area (Å²) in [7, 11) is -1.28. The van der Waals surface area contributed by atoms with Gasteiger partial charge in [-0.15, -0.1) is 0 Å². The Labute approximate surface area is 384 Å². The Morgan fingerprint density at radius 3 is 2.23 bits per heavy atom. The van der Waals surface area contributed by atoms with Gasteiger partial charge in [-0.25, -0.2) is 18.2 Å². The Kier molecular flexibility index (Phi) is 12.1. The minimum atomic E-state index is -2.92. The number of imide groups is 1. The molecule has 4 aliphatic heterocycles. The fourth-order valence-corrected chi connectivity index (χ4v) is 11.8. The molecule has 0 radical (unpaired) electrons. The number of aryl methyl sites for hydroxylation is 2. The monoisotopic (exact) mass is 973 g/mol. The Morgan fingerprint density at radius 2 is 1.57 bits per heavy atom. The standard InChI is InChI=1S/C47H52BrF3N9O4P/c1-26-18-38(55-46-52-23-32(48)44(57-46)54-37-8-7-36-31(43(37)65(4,5)63)21-33(49)27(2)53-36)40(64-3)22-39(26)59-16-12-47(13-17-59)10-14-58(15-11-47)29-24-60(25-29)28-19-34(50)42(35(51)20-28)30-6-9-41(61)56-45(30)62/h7-8,18-23,29-30H,6,9-17,24-25H2,1-5H3,(H,56,61,62)(H2,52,54,55,57)/t30-/m1/s1. The van der Waals surface area contributed by atoms with Gasteiger partial charge in [0.05, 0.1) is 40.1 Å². The largest absolute Gasteiger partial charge is 0.494 e. The molecule has 4 saturated heterocycles. The van der Waals surface area contributed by atoms with Gasteiger partial charge in [0.1, 0.15) is 36.2 Å². The fraction of sp³-hybridized carbons (Fsp3) is 0.426. The van der Waals surface area contributed by atoms with Gasteiger partial charge in [0, 0.05) is 78.5 Å². The second-order valence-electron chi connectivity index (χ2n) is 18.3. The molecule has 0 unspecified atom stereocenters. The van der Waals surface area contributed by atoms with Gasteiger partial charge < -0.3 is 29.7 Å². The van der Waals surface area contributed by atoms with E-state index in [0.29, 0.717) is 74.4 Å². The number of likely N-dealkylation sites (tertiary alicyclic amines) is 1. The number of halogens is 4. The molecule has 342 valence electrons. The zero-order valence-electron chi connectivity index (χ0n) is 37.0. The number of piperidine rings is 3. The van der Waals surface area contributed by atoms with Gasteiger partial charge in [0.15, 0.2) is 0 Å². The minimum absolute atomic E-state index is 0.0564. The predicted molar refractivity (Wildman–Crippen MR) is 252 cm³/mol. The van der Waals surface area contributed by atoms with Crippen molar-refractivity contribution in [3.05, 3.63) is 87.4 Å². The molecule has 0 saturated carbocycles. The van der Waals surface area contributed by atoms with Gasteiger partial charge in [-0.2, -0.15) is 4.98 Å². The highest BCUT2D eigenvalue weighted by Crippen LogP contribution is 2.46. The van der Waals surface area contributed by atoms with Crippen LogP contribution in [0.4, 0.5) is 47.7 Å². The Bertz CT molecular complexity index is 2740. The molecule has 2 amide bonds. The number of carbonyl (C=O) groups excluding carboxylic acids is 2. The number of ether oxygens (including phenoxy) is 1. The summed E-state index contributed by atoms with van der Waals surface area (Å²) in [4.78, 5) is 44.4. The Hall–Kier alpha value is -5.25. The number of anilines is 6. The van der Waals surface area contributed by atoms with Crippen molar-refractivity contribution in [2.75, 3.05) is 80.1 Å². The van der Waals surface area contributed by atoms with E-state index in [1.165, 1.54) is 18.2 Å². The van der Waals surface area contributed by atoms with Crippen molar-refractivity contribution in [2.24, 2.45) is 5.41 Å². The normalized spacial score (nSPS) is 19.4. The van der Waals surface area contributed by atoms with Crippen LogP contribution < -0.4 is 35.8 Å². The fourth-order valence-electron chi connectivity index (χ4n) is 10.1. The van der Waals surface area contributed by atoms with Crippen LogP contribution in [-0.4, -0.2) is 97.4 Å². The number of aromatic nitrogens is 3. The molecule has 3 N–H and O–H groups in total. The molecule has 0 aliphatic carbocycles. The maximum Gasteiger partial charge on any atom is 0.234 e. The van der Waals surface area contributed by atoms with Crippen LogP contribution in [-0.2, 0) is 14.2 Å². The third-order valence-electron chi connectivity index (χ3n) is 13.8. The molecule has 4 fully saturated rings. The molecule has 1 spiro atoms. The zero-order valence-corrected chi connectivity index (χ0v) is 39.5. The minimum Gasteiger partial charge on any atom is -0.494 e. The van der Waals surface area contributed by atoms with Gasteiger partial charge in [-0.1, -0.05) is 0 Å². The van der Waals surface area contributed by atoms with E-state index in [4.69, 9.17) is 9.72 Å². The Morgan fingerprint density at radius 1 is 0.877 bits per heavy atom. The van der Waals surface area contributed by atoms with Crippen molar-refractivity contribution in [1.82, 2.24) is 25.2 Å². The number of fused-ring (bicyclic) bond motifs is 1. The number of carbonyl (C=O) groups is 2. The summed E-state index contributed by atoms with van der Waals surface area (Å²) in [5, 5.41) is 9.81. The first-order valence-corrected chi connectivity index (χ1v) is 25.4. The molecule has 5 aromatic rings. The summed E-state index contributed by atoms with van der Waals surface area (Å²) >= 11 is 3.56. The average molecular weight is 975 g/mol. The van der Waals surface area contributed by atoms with Crippen molar-refractivity contribution in [3.63, 3.8) is 0 Å². The first-order valence-electron chi connectivity index (χ1n) is 22.0. The molecular formula is C47H52BrF3N9O4P. The van der Waals surface area contributed by atoms with Crippen LogP contribution in [0.3, 0.4) is 0 Å². The lowest BCUT2D eigenvalue weighted by atomic mass is 9.70. The number of rotatable bonds is 10. The molecule has 18 heteroatoms. The van der Waals surface area contributed by atoms with Gasteiger partial charge in [0.2, 0.25) is 17.8 Å². The highest BCUT2D eigenvalue weighted by Gasteiger charge is 2.42. The van der Waals surface area contributed by atoms with Gasteiger partial charge in [0.25, 0.3) is 0 Å². The maximum absolute atomic E-state index is 15.2.